The van der Waals surface area contributed by atoms with E-state index in [1.807, 2.05) is 6.92 Å². The lowest BCUT2D eigenvalue weighted by Gasteiger charge is -2.36. The van der Waals surface area contributed by atoms with Crippen LogP contribution in [-0.4, -0.2) is 34.7 Å². The van der Waals surface area contributed by atoms with E-state index in [1.165, 1.54) is 12.1 Å². The second-order valence-corrected chi connectivity index (χ2v) is 7.33. The fourth-order valence-electron chi connectivity index (χ4n) is 3.58. The molecule has 1 aliphatic heterocycles. The van der Waals surface area contributed by atoms with Gasteiger partial charge in [-0.15, -0.1) is 0 Å². The summed E-state index contributed by atoms with van der Waals surface area (Å²) >= 11 is 11.9. The zero-order valence-corrected chi connectivity index (χ0v) is 14.8. The maximum absolute atomic E-state index is 12.8. The van der Waals surface area contributed by atoms with Crippen LogP contribution < -0.4 is 5.32 Å². The topological polar surface area (TPSA) is 66.5 Å². The minimum Gasteiger partial charge on any atom is -0.323 e. The molecule has 2 atom stereocenters. The van der Waals surface area contributed by atoms with Crippen molar-refractivity contribution < 1.29 is 14.4 Å². The van der Waals surface area contributed by atoms with Gasteiger partial charge in [0.25, 0.3) is 5.91 Å². The van der Waals surface area contributed by atoms with Crippen molar-refractivity contribution in [2.75, 3.05) is 6.54 Å². The number of hydrogen-bond donors (Lipinski definition) is 1. The van der Waals surface area contributed by atoms with Crippen LogP contribution >= 0.6 is 23.2 Å². The summed E-state index contributed by atoms with van der Waals surface area (Å²) in [5.41, 5.74) is -0.612. The van der Waals surface area contributed by atoms with Gasteiger partial charge < -0.3 is 5.32 Å². The van der Waals surface area contributed by atoms with Crippen LogP contribution in [0.3, 0.4) is 0 Å². The predicted octanol–water partition coefficient (Wildman–Crippen LogP) is 3.68. The Morgan fingerprint density at radius 3 is 2.75 bits per heavy atom. The normalized spacial score (nSPS) is 26.8. The minimum absolute atomic E-state index is 0.0573. The highest BCUT2D eigenvalue weighted by Gasteiger charge is 2.55. The number of benzene rings is 1. The number of ketones is 1. The third kappa shape index (κ3) is 2.80. The first-order valence-electron chi connectivity index (χ1n) is 7.97. The van der Waals surface area contributed by atoms with Crippen molar-refractivity contribution >= 4 is 40.9 Å². The summed E-state index contributed by atoms with van der Waals surface area (Å²) in [6, 6.07) is 4.02. The van der Waals surface area contributed by atoms with Crippen LogP contribution in [0.25, 0.3) is 0 Å². The molecule has 1 N–H and O–H groups in total. The first-order chi connectivity index (χ1) is 11.3. The third-order valence-corrected chi connectivity index (χ3v) is 5.58. The first kappa shape index (κ1) is 17.2. The predicted molar refractivity (Wildman–Crippen MR) is 91.4 cm³/mol. The molecule has 1 heterocycles. The lowest BCUT2D eigenvalue weighted by molar-refractivity contribution is -0.133. The Morgan fingerprint density at radius 1 is 1.33 bits per heavy atom. The Balaban J connectivity index is 1.81. The Bertz CT molecular complexity index is 722. The molecule has 24 heavy (non-hydrogen) atoms. The molecule has 2 fully saturated rings. The number of amides is 3. The molecule has 0 bridgehead atoms. The molecule has 0 radical (unpaired) electrons. The van der Waals surface area contributed by atoms with E-state index < -0.39 is 11.6 Å². The molecular weight excluding hydrogens is 351 g/mol. The number of urea groups is 1. The van der Waals surface area contributed by atoms with Crippen molar-refractivity contribution in [2.24, 2.45) is 5.92 Å². The van der Waals surface area contributed by atoms with Gasteiger partial charge in [0.2, 0.25) is 0 Å². The molecule has 0 unspecified atom stereocenters. The molecule has 128 valence electrons. The van der Waals surface area contributed by atoms with Crippen molar-refractivity contribution in [1.29, 1.82) is 0 Å². The van der Waals surface area contributed by atoms with E-state index in [1.54, 1.807) is 6.07 Å². The number of Topliss-reactive ketones (excluding diaryl/α,β-unsaturated/α-hetero) is 1. The quantitative estimate of drug-likeness (QED) is 0.653. The van der Waals surface area contributed by atoms with E-state index in [0.29, 0.717) is 11.4 Å². The molecule has 7 heteroatoms. The smallest absolute Gasteiger partial charge is 0.323 e. The van der Waals surface area contributed by atoms with Gasteiger partial charge in [0.15, 0.2) is 5.78 Å². The van der Waals surface area contributed by atoms with Crippen LogP contribution in [0, 0.1) is 5.92 Å². The molecule has 0 aromatic heterocycles. The summed E-state index contributed by atoms with van der Waals surface area (Å²) in [7, 11) is 0. The Morgan fingerprint density at radius 2 is 2.08 bits per heavy atom. The molecule has 1 aromatic rings. The van der Waals surface area contributed by atoms with Crippen molar-refractivity contribution in [3.05, 3.63) is 33.8 Å². The molecule has 3 amide bonds. The van der Waals surface area contributed by atoms with Crippen LogP contribution in [0.4, 0.5) is 4.79 Å². The van der Waals surface area contributed by atoms with Crippen LogP contribution in [0.1, 0.15) is 43.0 Å². The summed E-state index contributed by atoms with van der Waals surface area (Å²) < 4.78 is 0. The Labute approximate surface area is 150 Å². The Hall–Kier alpha value is -1.59. The second kappa shape index (κ2) is 6.37. The van der Waals surface area contributed by atoms with Gasteiger partial charge in [-0.2, -0.15) is 0 Å². The standard InChI is InChI=1S/C17H18Cl2N2O3/c1-10-4-2-3-7-17(10)15(23)21(16(24)20-17)9-14(22)12-6-5-11(18)8-13(12)19/h5-6,8,10H,2-4,7,9H2,1H3,(H,20,24)/t10-,17-/m1/s1. The summed E-state index contributed by atoms with van der Waals surface area (Å²) in [6.45, 7) is 1.65. The van der Waals surface area contributed by atoms with Crippen LogP contribution in [0.15, 0.2) is 18.2 Å². The number of carbonyl (C=O) groups excluding carboxylic acids is 3. The van der Waals surface area contributed by atoms with E-state index in [9.17, 15) is 14.4 Å². The van der Waals surface area contributed by atoms with Gasteiger partial charge in [-0.3, -0.25) is 14.5 Å². The zero-order valence-electron chi connectivity index (χ0n) is 13.3. The first-order valence-corrected chi connectivity index (χ1v) is 8.73. The molecule has 3 rings (SSSR count). The maximum atomic E-state index is 12.8. The molecule has 2 aliphatic rings. The summed E-state index contributed by atoms with van der Waals surface area (Å²) in [5, 5.41) is 3.46. The SMILES string of the molecule is C[C@@H]1CCCC[C@@]12NC(=O)N(CC(=O)c1ccc(Cl)cc1Cl)C2=O. The molecule has 1 saturated carbocycles. The van der Waals surface area contributed by atoms with Gasteiger partial charge in [-0.05, 0) is 37.0 Å². The molecule has 1 saturated heterocycles. The van der Waals surface area contributed by atoms with E-state index >= 15 is 0 Å². The van der Waals surface area contributed by atoms with E-state index in [0.717, 1.165) is 24.2 Å². The average Bonchev–Trinajstić information content (AvgIpc) is 2.75. The second-order valence-electron chi connectivity index (χ2n) is 6.49. The lowest BCUT2D eigenvalue weighted by atomic mass is 9.73. The Kier molecular flexibility index (Phi) is 4.58. The average molecular weight is 369 g/mol. The number of hydrogen-bond acceptors (Lipinski definition) is 3. The number of carbonyl (C=O) groups is 3. The van der Waals surface area contributed by atoms with Gasteiger partial charge in [0.05, 0.1) is 11.6 Å². The molecular formula is C17H18Cl2N2O3. The van der Waals surface area contributed by atoms with Crippen molar-refractivity contribution in [3.8, 4) is 0 Å². The lowest BCUT2D eigenvalue weighted by Crippen LogP contribution is -2.54. The van der Waals surface area contributed by atoms with Gasteiger partial charge in [-0.1, -0.05) is 43.0 Å². The van der Waals surface area contributed by atoms with E-state index in [4.69, 9.17) is 23.2 Å². The molecule has 1 aliphatic carbocycles. The third-order valence-electron chi connectivity index (χ3n) is 5.03. The van der Waals surface area contributed by atoms with E-state index in [2.05, 4.69) is 5.32 Å². The summed E-state index contributed by atoms with van der Waals surface area (Å²) in [4.78, 5) is 38.6. The fraction of sp³-hybridized carbons (Fsp3) is 0.471. The fourth-order valence-corrected chi connectivity index (χ4v) is 4.10. The highest BCUT2D eigenvalue weighted by Crippen LogP contribution is 2.38. The maximum Gasteiger partial charge on any atom is 0.325 e. The minimum atomic E-state index is -0.862. The number of nitrogens with one attached hydrogen (secondary N) is 1. The monoisotopic (exact) mass is 368 g/mol. The van der Waals surface area contributed by atoms with Crippen LogP contribution in [-0.2, 0) is 4.79 Å². The van der Waals surface area contributed by atoms with Crippen molar-refractivity contribution in [3.63, 3.8) is 0 Å². The van der Waals surface area contributed by atoms with Crippen LogP contribution in [0.5, 0.6) is 0 Å². The molecule has 1 spiro atoms. The van der Waals surface area contributed by atoms with Crippen LogP contribution in [0.2, 0.25) is 10.0 Å². The van der Waals surface area contributed by atoms with Gasteiger partial charge in [-0.25, -0.2) is 4.79 Å². The largest absolute Gasteiger partial charge is 0.325 e. The van der Waals surface area contributed by atoms with Crippen molar-refractivity contribution in [2.45, 2.75) is 38.1 Å². The molecule has 5 nitrogen and oxygen atoms in total. The number of nitrogens with zero attached hydrogens (tertiary/aromatic N) is 1. The highest BCUT2D eigenvalue weighted by atomic mass is 35.5. The molecule has 1 aromatic carbocycles. The van der Waals surface area contributed by atoms with E-state index in [-0.39, 0.29) is 34.7 Å². The number of rotatable bonds is 3. The summed E-state index contributed by atoms with van der Waals surface area (Å²) in [6.07, 6.45) is 3.44. The van der Waals surface area contributed by atoms with Gasteiger partial charge in [0.1, 0.15) is 5.54 Å². The van der Waals surface area contributed by atoms with Gasteiger partial charge >= 0.3 is 6.03 Å². The van der Waals surface area contributed by atoms with Gasteiger partial charge in [0, 0.05) is 10.6 Å². The summed E-state index contributed by atoms with van der Waals surface area (Å²) in [5.74, 6) is -0.638. The number of imide groups is 1. The van der Waals surface area contributed by atoms with Crippen molar-refractivity contribution in [1.82, 2.24) is 10.2 Å². The highest BCUT2D eigenvalue weighted by molar-refractivity contribution is 6.37. The number of halogens is 2. The zero-order chi connectivity index (χ0) is 17.5.